The molecule has 0 saturated heterocycles. The van der Waals surface area contributed by atoms with Crippen molar-refractivity contribution in [3.05, 3.63) is 33.5 Å². The number of rotatable bonds is 3. The lowest BCUT2D eigenvalue weighted by Crippen LogP contribution is -2.21. The highest BCUT2D eigenvalue weighted by Crippen LogP contribution is 2.26. The van der Waals surface area contributed by atoms with Crippen LogP contribution < -0.4 is 0 Å². The Morgan fingerprint density at radius 1 is 1.61 bits per heavy atom. The number of thiazole rings is 1. The predicted molar refractivity (Wildman–Crippen MR) is 67.7 cm³/mol. The lowest BCUT2D eigenvalue weighted by molar-refractivity contribution is 0.0678. The van der Waals surface area contributed by atoms with Gasteiger partial charge in [0.2, 0.25) is 0 Å². The van der Waals surface area contributed by atoms with E-state index < -0.39 is 0 Å². The first-order chi connectivity index (χ1) is 8.78. The third-order valence-corrected chi connectivity index (χ3v) is 4.00. The highest BCUT2D eigenvalue weighted by atomic mass is 32.1. The van der Waals surface area contributed by atoms with Crippen LogP contribution in [0.2, 0.25) is 0 Å². The van der Waals surface area contributed by atoms with Crippen molar-refractivity contribution >= 4 is 11.3 Å². The number of ether oxygens (including phenoxy) is 1. The molecule has 1 aliphatic rings. The van der Waals surface area contributed by atoms with E-state index in [1.165, 1.54) is 0 Å². The van der Waals surface area contributed by atoms with Gasteiger partial charge in [0.15, 0.2) is 0 Å². The zero-order valence-electron chi connectivity index (χ0n) is 10.2. The molecule has 0 amide bonds. The Hall–Kier alpha value is -1.24. The molecule has 1 unspecified atom stereocenters. The van der Waals surface area contributed by atoms with E-state index in [1.807, 2.05) is 17.8 Å². The van der Waals surface area contributed by atoms with E-state index in [9.17, 15) is 5.11 Å². The van der Waals surface area contributed by atoms with Gasteiger partial charge in [-0.3, -0.25) is 4.68 Å². The first-order valence-electron chi connectivity index (χ1n) is 5.92. The lowest BCUT2D eigenvalue weighted by Gasteiger charge is -2.21. The Labute approximate surface area is 109 Å². The molecular weight excluding hydrogens is 250 g/mol. The highest BCUT2D eigenvalue weighted by Gasteiger charge is 2.24. The smallest absolute Gasteiger partial charge is 0.0898 e. The summed E-state index contributed by atoms with van der Waals surface area (Å²) in [5.74, 6) is 0.0553. The van der Waals surface area contributed by atoms with Crippen LogP contribution in [-0.4, -0.2) is 33.1 Å². The van der Waals surface area contributed by atoms with Gasteiger partial charge in [-0.15, -0.1) is 11.3 Å². The fraction of sp³-hybridized carbons (Fsp3) is 0.500. The Balaban J connectivity index is 1.87. The standard InChI is InChI=1S/C12H15N3O2S/c1-8-14-10(7-18-8)3-15-12-6-17-5-9(4-16)11(12)2-13-15/h2,7,9,16H,3-6H2,1H3. The summed E-state index contributed by atoms with van der Waals surface area (Å²) in [6.45, 7) is 3.91. The second kappa shape index (κ2) is 4.79. The van der Waals surface area contributed by atoms with Crippen LogP contribution in [-0.2, 0) is 17.9 Å². The summed E-state index contributed by atoms with van der Waals surface area (Å²) in [5, 5.41) is 16.8. The Morgan fingerprint density at radius 3 is 3.22 bits per heavy atom. The van der Waals surface area contributed by atoms with Crippen LogP contribution in [0.15, 0.2) is 11.6 Å². The Bertz CT molecular complexity index is 549. The minimum absolute atomic E-state index is 0.0553. The van der Waals surface area contributed by atoms with Crippen LogP contribution >= 0.6 is 11.3 Å². The van der Waals surface area contributed by atoms with Crippen LogP contribution in [0.25, 0.3) is 0 Å². The fourth-order valence-electron chi connectivity index (χ4n) is 2.23. The molecule has 0 aliphatic carbocycles. The summed E-state index contributed by atoms with van der Waals surface area (Å²) >= 11 is 1.65. The first-order valence-corrected chi connectivity index (χ1v) is 6.80. The molecule has 1 aliphatic heterocycles. The third kappa shape index (κ3) is 2.07. The number of aryl methyl sites for hydroxylation is 1. The van der Waals surface area contributed by atoms with Gasteiger partial charge in [0, 0.05) is 16.9 Å². The SMILES string of the molecule is Cc1nc(Cn2ncc3c2COCC3CO)cs1. The predicted octanol–water partition coefficient (Wildman–Crippen LogP) is 1.30. The third-order valence-electron chi connectivity index (χ3n) is 3.18. The van der Waals surface area contributed by atoms with Crippen LogP contribution in [0.3, 0.4) is 0 Å². The largest absolute Gasteiger partial charge is 0.396 e. The first kappa shape index (κ1) is 11.8. The molecule has 0 aromatic carbocycles. The van der Waals surface area contributed by atoms with E-state index >= 15 is 0 Å². The number of hydrogen-bond acceptors (Lipinski definition) is 5. The zero-order valence-corrected chi connectivity index (χ0v) is 11.0. The second-order valence-electron chi connectivity index (χ2n) is 4.46. The molecule has 2 aromatic heterocycles. The van der Waals surface area contributed by atoms with E-state index in [2.05, 4.69) is 15.5 Å². The molecular formula is C12H15N3O2S. The molecule has 3 heterocycles. The van der Waals surface area contributed by atoms with Crippen molar-refractivity contribution in [3.63, 3.8) is 0 Å². The Morgan fingerprint density at radius 2 is 2.50 bits per heavy atom. The van der Waals surface area contributed by atoms with E-state index in [1.54, 1.807) is 11.3 Å². The summed E-state index contributed by atoms with van der Waals surface area (Å²) < 4.78 is 7.42. The van der Waals surface area contributed by atoms with Crippen molar-refractivity contribution in [1.29, 1.82) is 0 Å². The van der Waals surface area contributed by atoms with E-state index in [0.717, 1.165) is 22.0 Å². The van der Waals surface area contributed by atoms with Gasteiger partial charge in [-0.1, -0.05) is 0 Å². The second-order valence-corrected chi connectivity index (χ2v) is 5.52. The van der Waals surface area contributed by atoms with E-state index in [0.29, 0.717) is 19.8 Å². The van der Waals surface area contributed by atoms with Crippen molar-refractivity contribution < 1.29 is 9.84 Å². The van der Waals surface area contributed by atoms with E-state index in [-0.39, 0.29) is 12.5 Å². The summed E-state index contributed by atoms with van der Waals surface area (Å²) in [6.07, 6.45) is 1.85. The van der Waals surface area contributed by atoms with Crippen LogP contribution in [0.1, 0.15) is 27.9 Å². The van der Waals surface area contributed by atoms with Crippen molar-refractivity contribution in [2.75, 3.05) is 13.2 Å². The van der Waals surface area contributed by atoms with Crippen molar-refractivity contribution in [1.82, 2.24) is 14.8 Å². The number of aliphatic hydroxyl groups is 1. The van der Waals surface area contributed by atoms with E-state index in [4.69, 9.17) is 4.74 Å². The number of aromatic nitrogens is 3. The molecule has 0 saturated carbocycles. The maximum Gasteiger partial charge on any atom is 0.0898 e. The van der Waals surface area contributed by atoms with Gasteiger partial charge >= 0.3 is 0 Å². The Kier molecular flexibility index (Phi) is 3.15. The van der Waals surface area contributed by atoms with Gasteiger partial charge in [-0.25, -0.2) is 4.98 Å². The van der Waals surface area contributed by atoms with Crippen LogP contribution in [0.4, 0.5) is 0 Å². The van der Waals surface area contributed by atoms with Gasteiger partial charge in [0.25, 0.3) is 0 Å². The highest BCUT2D eigenvalue weighted by molar-refractivity contribution is 7.09. The molecule has 18 heavy (non-hydrogen) atoms. The molecule has 5 nitrogen and oxygen atoms in total. The number of nitrogens with zero attached hydrogens (tertiary/aromatic N) is 3. The van der Waals surface area contributed by atoms with Crippen molar-refractivity contribution in [2.24, 2.45) is 0 Å². The molecule has 96 valence electrons. The quantitative estimate of drug-likeness (QED) is 0.909. The van der Waals surface area contributed by atoms with Crippen LogP contribution in [0, 0.1) is 6.92 Å². The fourth-order valence-corrected chi connectivity index (χ4v) is 2.84. The topological polar surface area (TPSA) is 60.2 Å². The molecule has 3 rings (SSSR count). The molecule has 0 bridgehead atoms. The summed E-state index contributed by atoms with van der Waals surface area (Å²) in [7, 11) is 0. The molecule has 6 heteroatoms. The minimum atomic E-state index is 0.0553. The van der Waals surface area contributed by atoms with Gasteiger partial charge in [-0.2, -0.15) is 5.10 Å². The summed E-state index contributed by atoms with van der Waals surface area (Å²) in [4.78, 5) is 4.44. The van der Waals surface area contributed by atoms with Crippen LogP contribution in [0.5, 0.6) is 0 Å². The maximum absolute atomic E-state index is 9.31. The number of fused-ring (bicyclic) bond motifs is 1. The molecule has 0 radical (unpaired) electrons. The maximum atomic E-state index is 9.31. The molecule has 1 atom stereocenters. The molecule has 0 fully saturated rings. The monoisotopic (exact) mass is 265 g/mol. The molecule has 0 spiro atoms. The summed E-state index contributed by atoms with van der Waals surface area (Å²) in [5.41, 5.74) is 3.19. The molecule has 1 N–H and O–H groups in total. The normalized spacial score (nSPS) is 18.9. The van der Waals surface area contributed by atoms with Gasteiger partial charge in [0.1, 0.15) is 0 Å². The minimum Gasteiger partial charge on any atom is -0.396 e. The van der Waals surface area contributed by atoms with Gasteiger partial charge in [0.05, 0.1) is 49.0 Å². The average molecular weight is 265 g/mol. The van der Waals surface area contributed by atoms with Crippen molar-refractivity contribution in [3.8, 4) is 0 Å². The molecule has 2 aromatic rings. The number of aliphatic hydroxyl groups excluding tert-OH is 1. The zero-order chi connectivity index (χ0) is 12.5. The van der Waals surface area contributed by atoms with Crippen molar-refractivity contribution in [2.45, 2.75) is 26.0 Å². The van der Waals surface area contributed by atoms with Gasteiger partial charge in [-0.05, 0) is 6.92 Å². The summed E-state index contributed by atoms with van der Waals surface area (Å²) in [6, 6.07) is 0. The lowest BCUT2D eigenvalue weighted by atomic mass is 10.00. The van der Waals surface area contributed by atoms with Gasteiger partial charge < -0.3 is 9.84 Å². The average Bonchev–Trinajstić information content (AvgIpc) is 2.97. The number of hydrogen-bond donors (Lipinski definition) is 1.